The molecule has 0 radical (unpaired) electrons. The number of aromatic nitrogens is 1. The zero-order valence-corrected chi connectivity index (χ0v) is 11.1. The van der Waals surface area contributed by atoms with E-state index in [0.717, 1.165) is 0 Å². The summed E-state index contributed by atoms with van der Waals surface area (Å²) in [5, 5.41) is 9.51. The largest absolute Gasteiger partial charge is 0.481 e. The fourth-order valence-electron chi connectivity index (χ4n) is 1.72. The molecular formula is C13H9Cl2NO3. The van der Waals surface area contributed by atoms with Crippen LogP contribution in [-0.4, -0.2) is 16.1 Å². The van der Waals surface area contributed by atoms with E-state index in [-0.39, 0.29) is 12.0 Å². The average Bonchev–Trinajstić information content (AvgIpc) is 2.26. The number of rotatable bonds is 3. The molecule has 1 aromatic heterocycles. The summed E-state index contributed by atoms with van der Waals surface area (Å²) >= 11 is 11.8. The molecule has 0 aliphatic heterocycles. The van der Waals surface area contributed by atoms with Gasteiger partial charge < -0.3 is 10.1 Å². The van der Waals surface area contributed by atoms with Gasteiger partial charge in [0, 0.05) is 21.3 Å². The van der Waals surface area contributed by atoms with Crippen LogP contribution in [0.2, 0.25) is 10.0 Å². The molecule has 0 amide bonds. The number of carboxylic acids is 1. The first-order chi connectivity index (χ1) is 8.95. The SMILES string of the molecule is O=C(O)Cc1ccc(-c2cc(Cl)cc(Cl)c2)c(=O)[nH]1. The summed E-state index contributed by atoms with van der Waals surface area (Å²) in [4.78, 5) is 25.0. The highest BCUT2D eigenvalue weighted by molar-refractivity contribution is 6.35. The fourth-order valence-corrected chi connectivity index (χ4v) is 2.24. The molecule has 0 aliphatic rings. The molecule has 2 rings (SSSR count). The number of H-pyrrole nitrogens is 1. The highest BCUT2D eigenvalue weighted by atomic mass is 35.5. The molecule has 19 heavy (non-hydrogen) atoms. The van der Waals surface area contributed by atoms with E-state index in [9.17, 15) is 9.59 Å². The predicted molar refractivity (Wildman–Crippen MR) is 73.9 cm³/mol. The van der Waals surface area contributed by atoms with Crippen LogP contribution < -0.4 is 5.56 Å². The van der Waals surface area contributed by atoms with Gasteiger partial charge in [-0.05, 0) is 35.9 Å². The Bertz CT molecular complexity index is 674. The van der Waals surface area contributed by atoms with Gasteiger partial charge in [-0.1, -0.05) is 23.2 Å². The maximum Gasteiger partial charge on any atom is 0.309 e. The van der Waals surface area contributed by atoms with Crippen LogP contribution in [0.25, 0.3) is 11.1 Å². The number of hydrogen-bond acceptors (Lipinski definition) is 2. The van der Waals surface area contributed by atoms with E-state index >= 15 is 0 Å². The molecule has 0 saturated carbocycles. The first-order valence-electron chi connectivity index (χ1n) is 5.36. The van der Waals surface area contributed by atoms with Crippen molar-refractivity contribution in [3.05, 3.63) is 56.4 Å². The Hall–Kier alpha value is -1.78. The van der Waals surface area contributed by atoms with Crippen LogP contribution in [0.4, 0.5) is 0 Å². The van der Waals surface area contributed by atoms with Crippen molar-refractivity contribution < 1.29 is 9.90 Å². The number of carboxylic acid groups (broad SMARTS) is 1. The topological polar surface area (TPSA) is 70.2 Å². The van der Waals surface area contributed by atoms with Crippen LogP contribution >= 0.6 is 23.2 Å². The highest BCUT2D eigenvalue weighted by Gasteiger charge is 2.08. The van der Waals surface area contributed by atoms with Gasteiger partial charge in [0.25, 0.3) is 5.56 Å². The second-order valence-corrected chi connectivity index (χ2v) is 4.83. The summed E-state index contributed by atoms with van der Waals surface area (Å²) in [5.41, 5.74) is 0.936. The van der Waals surface area contributed by atoms with Crippen molar-refractivity contribution in [3.63, 3.8) is 0 Å². The molecule has 1 aromatic carbocycles. The van der Waals surface area contributed by atoms with Gasteiger partial charge in [0.15, 0.2) is 0 Å². The van der Waals surface area contributed by atoms with Gasteiger partial charge in [-0.15, -0.1) is 0 Å². The maximum absolute atomic E-state index is 11.9. The quantitative estimate of drug-likeness (QED) is 0.915. The molecule has 98 valence electrons. The van der Waals surface area contributed by atoms with E-state index in [1.807, 2.05) is 0 Å². The molecule has 0 saturated heterocycles. The molecule has 0 aliphatic carbocycles. The minimum atomic E-state index is -1.01. The van der Waals surface area contributed by atoms with Crippen molar-refractivity contribution in [2.75, 3.05) is 0 Å². The number of aliphatic carboxylic acids is 1. The lowest BCUT2D eigenvalue weighted by molar-refractivity contribution is -0.136. The lowest BCUT2D eigenvalue weighted by Crippen LogP contribution is -2.13. The van der Waals surface area contributed by atoms with Crippen molar-refractivity contribution in [1.82, 2.24) is 4.98 Å². The first kappa shape index (κ1) is 13.6. The molecule has 0 unspecified atom stereocenters. The zero-order chi connectivity index (χ0) is 14.0. The Labute approximate surface area is 118 Å². The van der Waals surface area contributed by atoms with Gasteiger partial charge in [0.1, 0.15) is 0 Å². The highest BCUT2D eigenvalue weighted by Crippen LogP contribution is 2.25. The third-order valence-electron chi connectivity index (χ3n) is 2.49. The van der Waals surface area contributed by atoms with Crippen LogP contribution in [0.15, 0.2) is 35.1 Å². The van der Waals surface area contributed by atoms with Crippen LogP contribution in [-0.2, 0) is 11.2 Å². The monoisotopic (exact) mass is 297 g/mol. The Morgan fingerprint density at radius 2 is 1.79 bits per heavy atom. The molecule has 2 aromatic rings. The van der Waals surface area contributed by atoms with Crippen LogP contribution in [0, 0.1) is 0 Å². The molecule has 6 heteroatoms. The molecule has 0 bridgehead atoms. The molecule has 0 fully saturated rings. The van der Waals surface area contributed by atoms with E-state index in [0.29, 0.717) is 26.9 Å². The molecule has 1 heterocycles. The summed E-state index contributed by atoms with van der Waals surface area (Å²) in [7, 11) is 0. The second kappa shape index (κ2) is 5.47. The summed E-state index contributed by atoms with van der Waals surface area (Å²) in [6.07, 6.45) is -0.230. The Morgan fingerprint density at radius 3 is 2.32 bits per heavy atom. The van der Waals surface area contributed by atoms with Gasteiger partial charge in [0.05, 0.1) is 6.42 Å². The Kier molecular flexibility index (Phi) is 3.93. The lowest BCUT2D eigenvalue weighted by Gasteiger charge is -2.04. The minimum Gasteiger partial charge on any atom is -0.481 e. The summed E-state index contributed by atoms with van der Waals surface area (Å²) in [6.45, 7) is 0. The van der Waals surface area contributed by atoms with Gasteiger partial charge in [-0.2, -0.15) is 0 Å². The number of aromatic amines is 1. The second-order valence-electron chi connectivity index (χ2n) is 3.96. The number of nitrogens with one attached hydrogen (secondary N) is 1. The zero-order valence-electron chi connectivity index (χ0n) is 9.61. The van der Waals surface area contributed by atoms with Crippen molar-refractivity contribution in [1.29, 1.82) is 0 Å². The molecule has 4 nitrogen and oxygen atoms in total. The van der Waals surface area contributed by atoms with Crippen molar-refractivity contribution in [2.24, 2.45) is 0 Å². The van der Waals surface area contributed by atoms with E-state index in [1.165, 1.54) is 0 Å². The first-order valence-corrected chi connectivity index (χ1v) is 6.12. The van der Waals surface area contributed by atoms with Gasteiger partial charge in [0.2, 0.25) is 0 Å². The van der Waals surface area contributed by atoms with Gasteiger partial charge >= 0.3 is 5.97 Å². The summed E-state index contributed by atoms with van der Waals surface area (Å²) < 4.78 is 0. The predicted octanol–water partition coefficient (Wildman–Crippen LogP) is 2.98. The molecule has 2 N–H and O–H groups in total. The number of benzene rings is 1. The normalized spacial score (nSPS) is 10.4. The molecule has 0 atom stereocenters. The van der Waals surface area contributed by atoms with E-state index in [4.69, 9.17) is 28.3 Å². The average molecular weight is 298 g/mol. The lowest BCUT2D eigenvalue weighted by atomic mass is 10.1. The standard InChI is InChI=1S/C13H9Cl2NO3/c14-8-3-7(4-9(15)5-8)11-2-1-10(6-12(17)18)16-13(11)19/h1-5H,6H2,(H,16,19)(H,17,18). The molecular weight excluding hydrogens is 289 g/mol. The smallest absolute Gasteiger partial charge is 0.309 e. The number of hydrogen-bond donors (Lipinski definition) is 2. The van der Waals surface area contributed by atoms with E-state index in [1.54, 1.807) is 30.3 Å². The summed E-state index contributed by atoms with van der Waals surface area (Å²) in [6, 6.07) is 7.92. The maximum atomic E-state index is 11.9. The van der Waals surface area contributed by atoms with Crippen molar-refractivity contribution in [3.8, 4) is 11.1 Å². The molecule has 0 spiro atoms. The minimum absolute atomic E-state index is 0.230. The number of pyridine rings is 1. The Balaban J connectivity index is 2.46. The number of carbonyl (C=O) groups is 1. The fraction of sp³-hybridized carbons (Fsp3) is 0.0769. The van der Waals surface area contributed by atoms with E-state index in [2.05, 4.69) is 4.98 Å². The van der Waals surface area contributed by atoms with Crippen molar-refractivity contribution in [2.45, 2.75) is 6.42 Å². The third-order valence-corrected chi connectivity index (χ3v) is 2.92. The van der Waals surface area contributed by atoms with Gasteiger partial charge in [-0.3, -0.25) is 9.59 Å². The van der Waals surface area contributed by atoms with Crippen LogP contribution in [0.1, 0.15) is 5.69 Å². The van der Waals surface area contributed by atoms with Gasteiger partial charge in [-0.25, -0.2) is 0 Å². The van der Waals surface area contributed by atoms with Crippen LogP contribution in [0.3, 0.4) is 0 Å². The summed E-state index contributed by atoms with van der Waals surface area (Å²) in [5.74, 6) is -1.01. The Morgan fingerprint density at radius 1 is 1.16 bits per heavy atom. The van der Waals surface area contributed by atoms with Crippen LogP contribution in [0.5, 0.6) is 0 Å². The van der Waals surface area contributed by atoms with E-state index < -0.39 is 5.97 Å². The van der Waals surface area contributed by atoms with Crippen molar-refractivity contribution >= 4 is 29.2 Å². The number of halogens is 2. The third kappa shape index (κ3) is 3.36.